The fourth-order valence-corrected chi connectivity index (χ4v) is 6.09. The number of aryl methyl sites for hydroxylation is 6. The predicted octanol–water partition coefficient (Wildman–Crippen LogP) is 5.24. The van der Waals surface area contributed by atoms with Crippen LogP contribution in [0, 0.1) is 39.5 Å². The Bertz CT molecular complexity index is 1960. The largest absolute Gasteiger partial charge is 0.392 e. The van der Waals surface area contributed by atoms with Gasteiger partial charge in [0.1, 0.15) is 0 Å². The molecule has 20 heteroatoms. The second kappa shape index (κ2) is 34.8. The molecule has 0 fully saturated rings. The first kappa shape index (κ1) is 63.6. The Morgan fingerprint density at radius 3 is 1.41 bits per heavy atom. The van der Waals surface area contributed by atoms with E-state index in [4.69, 9.17) is 20.4 Å². The molecule has 8 atom stereocenters. The van der Waals surface area contributed by atoms with E-state index in [0.29, 0.717) is 50.1 Å². The van der Waals surface area contributed by atoms with Crippen molar-refractivity contribution in [3.63, 3.8) is 0 Å². The Kier molecular flexibility index (Phi) is 32.0. The van der Waals surface area contributed by atoms with Gasteiger partial charge in [-0.2, -0.15) is 40.8 Å². The van der Waals surface area contributed by atoms with E-state index in [1.807, 2.05) is 136 Å². The van der Waals surface area contributed by atoms with Gasteiger partial charge in [0, 0.05) is 139 Å². The van der Waals surface area contributed by atoms with E-state index in [1.165, 1.54) is 11.3 Å². The summed E-state index contributed by atoms with van der Waals surface area (Å²) >= 11 is 0. The number of aliphatic hydroxyl groups excluding tert-OH is 4. The molecule has 4 aliphatic heterocycles. The molecule has 0 aromatic carbocycles. The summed E-state index contributed by atoms with van der Waals surface area (Å²) in [7, 11) is 7.82. The summed E-state index contributed by atoms with van der Waals surface area (Å²) in [6.07, 6.45) is 19.7. The van der Waals surface area contributed by atoms with Gasteiger partial charge in [-0.1, -0.05) is 21.3 Å². The first-order chi connectivity index (χ1) is 31.9. The molecule has 0 aliphatic carbocycles. The average molecular weight is 969 g/mol. The maximum Gasteiger partial charge on any atom is 0.0708 e. The molecule has 0 saturated heterocycles. The number of nitrogens with zero attached hydrogens (tertiary/aromatic N) is 16. The van der Waals surface area contributed by atoms with Crippen LogP contribution in [0.5, 0.6) is 0 Å². The Hall–Kier alpha value is -5.44. The number of aliphatic hydroxyl groups is 4. The van der Waals surface area contributed by atoms with Gasteiger partial charge in [0.15, 0.2) is 0 Å². The van der Waals surface area contributed by atoms with Crippen LogP contribution in [0.25, 0.3) is 0 Å². The number of rotatable bonds is 8. The lowest BCUT2D eigenvalue weighted by molar-refractivity contribution is 0.115. The highest BCUT2D eigenvalue weighted by Crippen LogP contribution is 2.10. The summed E-state index contributed by atoms with van der Waals surface area (Å²) in [5.74, 6) is 1.20. The van der Waals surface area contributed by atoms with E-state index in [9.17, 15) is 0 Å². The monoisotopic (exact) mass is 969 g/mol. The zero-order valence-electron chi connectivity index (χ0n) is 44.1. The molecule has 0 saturated carbocycles. The van der Waals surface area contributed by atoms with Crippen LogP contribution in [0.1, 0.15) is 98.2 Å². The minimum Gasteiger partial charge on any atom is -0.392 e. The molecule has 0 radical (unpaired) electrons. The lowest BCUT2D eigenvalue weighted by Crippen LogP contribution is -2.30. The van der Waals surface area contributed by atoms with Crippen molar-refractivity contribution in [2.45, 2.75) is 153 Å². The van der Waals surface area contributed by atoms with Crippen molar-refractivity contribution in [3.8, 4) is 0 Å². The number of hydrazone groups is 4. The van der Waals surface area contributed by atoms with Gasteiger partial charge < -0.3 is 20.4 Å². The highest BCUT2D eigenvalue weighted by molar-refractivity contribution is 5.62. The van der Waals surface area contributed by atoms with E-state index in [-0.39, 0.29) is 31.8 Å². The van der Waals surface area contributed by atoms with Gasteiger partial charge in [0.25, 0.3) is 0 Å². The van der Waals surface area contributed by atoms with Crippen molar-refractivity contribution in [3.05, 3.63) is 71.8 Å². The molecule has 4 N–H and O–H groups in total. The molecule has 4 aliphatic rings. The highest BCUT2D eigenvalue weighted by atomic mass is 16.3. The zero-order valence-corrected chi connectivity index (χ0v) is 44.1. The molecule has 0 bridgehead atoms. The van der Waals surface area contributed by atoms with E-state index >= 15 is 0 Å². The second-order valence-electron chi connectivity index (χ2n) is 18.2. The molecule has 20 nitrogen and oxygen atoms in total. The van der Waals surface area contributed by atoms with Gasteiger partial charge in [-0.05, 0) is 92.5 Å². The van der Waals surface area contributed by atoms with Crippen LogP contribution >= 0.6 is 0 Å². The summed E-state index contributed by atoms with van der Waals surface area (Å²) in [5.41, 5.74) is 4.61. The number of hydrogen-bond acceptors (Lipinski definition) is 16. The van der Waals surface area contributed by atoms with E-state index in [2.05, 4.69) is 68.5 Å². The quantitative estimate of drug-likeness (QED) is 0.179. The average Bonchev–Trinajstić information content (AvgIpc) is 4.15. The fraction of sp³-hybridized carbons (Fsp3) is 0.673. The second-order valence-corrected chi connectivity index (χ2v) is 18.2. The number of β-amino-alcohol motifs (C(OH)–C–C–N with tert-alkyl or cyclic N) is 2. The summed E-state index contributed by atoms with van der Waals surface area (Å²) in [5, 5.41) is 75.8. The van der Waals surface area contributed by atoms with Crippen molar-refractivity contribution in [1.29, 1.82) is 0 Å². The van der Waals surface area contributed by atoms with Crippen molar-refractivity contribution in [1.82, 2.24) is 59.2 Å². The normalized spacial score (nSPS) is 19.8. The van der Waals surface area contributed by atoms with Crippen LogP contribution in [0.15, 0.2) is 69.7 Å². The summed E-state index contributed by atoms with van der Waals surface area (Å²) < 4.78 is 7.14. The Labute approximate surface area is 414 Å². The molecule has 0 amide bonds. The summed E-state index contributed by atoms with van der Waals surface area (Å²) in [6, 6.07) is 4.98. The topological polar surface area (TPSA) is 215 Å². The third kappa shape index (κ3) is 30.6. The first-order valence-corrected chi connectivity index (χ1v) is 23.6. The summed E-state index contributed by atoms with van der Waals surface area (Å²) in [4.78, 5) is 0. The van der Waals surface area contributed by atoms with Gasteiger partial charge in [-0.25, -0.2) is 0 Å². The molecular weight excluding hydrogens is 877 g/mol. The molecule has 8 rings (SSSR count). The van der Waals surface area contributed by atoms with Crippen LogP contribution < -0.4 is 0 Å². The lowest BCUT2D eigenvalue weighted by Gasteiger charge is -2.21. The van der Waals surface area contributed by atoms with Crippen molar-refractivity contribution < 1.29 is 20.4 Å². The lowest BCUT2D eigenvalue weighted by atomic mass is 10.2. The fourth-order valence-electron chi connectivity index (χ4n) is 6.09. The van der Waals surface area contributed by atoms with Crippen LogP contribution in [-0.2, 0) is 27.2 Å². The van der Waals surface area contributed by atoms with E-state index in [0.717, 1.165) is 37.2 Å². The number of aromatic nitrogens is 8. The zero-order chi connectivity index (χ0) is 51.3. The van der Waals surface area contributed by atoms with Crippen LogP contribution in [0.4, 0.5) is 0 Å². The van der Waals surface area contributed by atoms with Gasteiger partial charge in [0.05, 0.1) is 63.0 Å². The Morgan fingerprint density at radius 2 is 1.12 bits per heavy atom. The van der Waals surface area contributed by atoms with Crippen molar-refractivity contribution in [2.75, 3.05) is 40.3 Å². The molecule has 0 unspecified atom stereocenters. The maximum absolute atomic E-state index is 9.02. The Morgan fingerprint density at radius 1 is 0.580 bits per heavy atom. The van der Waals surface area contributed by atoms with Gasteiger partial charge in [-0.15, -0.1) is 0 Å². The van der Waals surface area contributed by atoms with Crippen LogP contribution in [0.2, 0.25) is 0 Å². The molecule has 8 heterocycles. The molecule has 4 aromatic heterocycles. The van der Waals surface area contributed by atoms with Crippen LogP contribution in [0.3, 0.4) is 0 Å². The minimum absolute atomic E-state index is 0. The van der Waals surface area contributed by atoms with Gasteiger partial charge >= 0.3 is 0 Å². The molecule has 69 heavy (non-hydrogen) atoms. The number of hydrogen-bond donors (Lipinski definition) is 4. The van der Waals surface area contributed by atoms with E-state index < -0.39 is 0 Å². The first-order valence-electron chi connectivity index (χ1n) is 23.6. The van der Waals surface area contributed by atoms with Gasteiger partial charge in [-0.3, -0.25) is 38.8 Å². The molecule has 4 aromatic rings. The van der Waals surface area contributed by atoms with Crippen LogP contribution in [-0.4, -0.2) is 181 Å². The van der Waals surface area contributed by atoms with Crippen molar-refractivity contribution in [2.24, 2.45) is 46.3 Å². The predicted molar refractivity (Wildman–Crippen MR) is 282 cm³/mol. The molecule has 0 spiro atoms. The minimum atomic E-state index is -0.321. The highest BCUT2D eigenvalue weighted by Gasteiger charge is 2.16. The summed E-state index contributed by atoms with van der Waals surface area (Å²) in [6.45, 7) is 28.1. The molecular formula is C49H92N16O4. The Balaban J connectivity index is 0.000000768. The standard InChI is InChI=1S/C7H14N2O.C7H12N2O.C7H14N2O.C7H12N2O.C5H10N2.C5H8N2.C5H10N2.C5H8N2.CH4/c2*1-6-3-8-9(4-6)5-7(2)10;2*1-6-3-4-8-9(6)5-7(2)10;2*1-5-3-6-7(2)4-5;2*1-5-3-4-6-7(5)2;/h3,6-7,10H,4-5H2,1-2H3;3-4,7,10H,5H2,1-2H3;4,6-7,10H,3,5H2,1-2H3;3-4,7,10H,5H2,1-2H3;3,5H,4H2,1-2H3;3-4H,1-2H3;4-5H,3H2,1-2H3;3-4H,1-2H3;1H4/t6-,7+;7-;6-,7+;7-;5-;;5-;;/m01010.0../s1. The molecule has 392 valence electrons. The van der Waals surface area contributed by atoms with Crippen molar-refractivity contribution >= 4 is 24.9 Å². The smallest absolute Gasteiger partial charge is 0.0708 e. The van der Waals surface area contributed by atoms with E-state index in [1.54, 1.807) is 60.3 Å². The third-order valence-electron chi connectivity index (χ3n) is 9.99. The van der Waals surface area contributed by atoms with Gasteiger partial charge in [0.2, 0.25) is 0 Å². The third-order valence-corrected chi connectivity index (χ3v) is 9.99. The maximum atomic E-state index is 9.02. The SMILES string of the molecule is C.C[C@@H](O)CN1C[C@@H](C)C=N1.C[C@@H](O)CN1N=CC[C@@H]1C.C[C@H]1C=NN(C)C1.C[C@H]1CC=NN1C.Cc1ccnn1C.Cc1ccnn1C[C@@H](C)O.Cc1cnn(C)c1.Cc1cnn(C[C@@H](C)O)c1.